The summed E-state index contributed by atoms with van der Waals surface area (Å²) < 4.78 is 5.36. The van der Waals surface area contributed by atoms with Crippen LogP contribution < -0.4 is 10.1 Å². The van der Waals surface area contributed by atoms with E-state index < -0.39 is 5.41 Å². The van der Waals surface area contributed by atoms with Gasteiger partial charge in [0.05, 0.1) is 12.5 Å². The van der Waals surface area contributed by atoms with E-state index in [4.69, 9.17) is 4.74 Å². The van der Waals surface area contributed by atoms with E-state index in [1.54, 1.807) is 7.11 Å². The summed E-state index contributed by atoms with van der Waals surface area (Å²) in [5, 5.41) is 4.27. The molecule has 0 radical (unpaired) electrons. The van der Waals surface area contributed by atoms with E-state index in [0.29, 0.717) is 0 Å². The molecule has 0 bridgehead atoms. The second-order valence-electron chi connectivity index (χ2n) is 7.42. The number of aromatic nitrogens is 1. The Morgan fingerprint density at radius 3 is 2.42 bits per heavy atom. The molecule has 1 saturated carbocycles. The van der Waals surface area contributed by atoms with E-state index in [2.05, 4.69) is 29.4 Å². The molecular formula is C22H24N2O2. The molecule has 4 nitrogen and oxygen atoms in total. The van der Waals surface area contributed by atoms with Gasteiger partial charge < -0.3 is 15.0 Å². The van der Waals surface area contributed by atoms with Crippen molar-refractivity contribution in [2.24, 2.45) is 0 Å². The van der Waals surface area contributed by atoms with Crippen molar-refractivity contribution in [3.8, 4) is 5.75 Å². The number of fused-ring (bicyclic) bond motifs is 1. The third-order valence-electron chi connectivity index (χ3n) is 5.50. The van der Waals surface area contributed by atoms with Gasteiger partial charge in [0.25, 0.3) is 0 Å². The van der Waals surface area contributed by atoms with E-state index in [9.17, 15) is 4.79 Å². The van der Waals surface area contributed by atoms with Crippen molar-refractivity contribution in [3.63, 3.8) is 0 Å². The van der Waals surface area contributed by atoms with Gasteiger partial charge in [-0.1, -0.05) is 17.7 Å². The van der Waals surface area contributed by atoms with E-state index in [1.807, 2.05) is 38.2 Å². The molecule has 4 heteroatoms. The number of hydrogen-bond donors (Lipinski definition) is 2. The summed E-state index contributed by atoms with van der Waals surface area (Å²) in [4.78, 5) is 16.5. The summed E-state index contributed by atoms with van der Waals surface area (Å²) in [6, 6.07) is 10.2. The number of nitrogens with one attached hydrogen (secondary N) is 2. The average molecular weight is 348 g/mol. The van der Waals surface area contributed by atoms with Crippen LogP contribution in [0.25, 0.3) is 10.9 Å². The van der Waals surface area contributed by atoms with Crippen LogP contribution in [0.3, 0.4) is 0 Å². The smallest absolute Gasteiger partial charge is 0.235 e. The Morgan fingerprint density at radius 2 is 1.81 bits per heavy atom. The molecular weight excluding hydrogens is 324 g/mol. The van der Waals surface area contributed by atoms with E-state index in [0.717, 1.165) is 51.9 Å². The second-order valence-corrected chi connectivity index (χ2v) is 7.42. The summed E-state index contributed by atoms with van der Waals surface area (Å²) in [6.45, 7) is 6.17. The molecule has 26 heavy (non-hydrogen) atoms. The number of methoxy groups -OCH3 is 1. The fraction of sp³-hybridized carbons (Fsp3) is 0.318. The number of rotatable bonds is 4. The second kappa shape index (κ2) is 5.90. The molecule has 1 aliphatic carbocycles. The molecule has 1 amide bonds. The maximum atomic E-state index is 13.2. The zero-order valence-corrected chi connectivity index (χ0v) is 15.7. The Balaban J connectivity index is 1.71. The van der Waals surface area contributed by atoms with Crippen LogP contribution in [-0.4, -0.2) is 18.0 Å². The van der Waals surface area contributed by atoms with Crippen LogP contribution in [0.1, 0.15) is 35.1 Å². The number of aryl methyl sites for hydroxylation is 3. The van der Waals surface area contributed by atoms with Crippen LogP contribution in [0.5, 0.6) is 5.75 Å². The topological polar surface area (TPSA) is 54.1 Å². The zero-order valence-electron chi connectivity index (χ0n) is 15.7. The van der Waals surface area contributed by atoms with Gasteiger partial charge in [-0.3, -0.25) is 4.79 Å². The van der Waals surface area contributed by atoms with Crippen LogP contribution in [-0.2, 0) is 10.2 Å². The van der Waals surface area contributed by atoms with Crippen LogP contribution in [0.2, 0.25) is 0 Å². The lowest BCUT2D eigenvalue weighted by molar-refractivity contribution is -0.118. The molecule has 1 aliphatic rings. The molecule has 1 heterocycles. The predicted molar refractivity (Wildman–Crippen MR) is 105 cm³/mol. The molecule has 2 N–H and O–H groups in total. The van der Waals surface area contributed by atoms with Gasteiger partial charge >= 0.3 is 0 Å². The SMILES string of the molecule is COc1ccc2[nH]cc(C3(C(=O)Nc4c(C)cc(C)cc4C)CC3)c2c1. The van der Waals surface area contributed by atoms with Crippen molar-refractivity contribution in [1.82, 2.24) is 4.98 Å². The fourth-order valence-corrected chi connectivity index (χ4v) is 3.98. The minimum atomic E-state index is -0.450. The number of aromatic amines is 1. The van der Waals surface area contributed by atoms with Crippen LogP contribution in [0.4, 0.5) is 5.69 Å². The van der Waals surface area contributed by atoms with Crippen molar-refractivity contribution < 1.29 is 9.53 Å². The van der Waals surface area contributed by atoms with Crippen molar-refractivity contribution >= 4 is 22.5 Å². The van der Waals surface area contributed by atoms with Crippen molar-refractivity contribution in [1.29, 1.82) is 0 Å². The molecule has 0 aliphatic heterocycles. The van der Waals surface area contributed by atoms with Crippen LogP contribution in [0, 0.1) is 20.8 Å². The molecule has 0 atom stereocenters. The molecule has 3 aromatic rings. The third kappa shape index (κ3) is 2.57. The number of ether oxygens (including phenoxy) is 1. The molecule has 0 saturated heterocycles. The molecule has 1 aromatic heterocycles. The highest BCUT2D eigenvalue weighted by molar-refractivity contribution is 6.05. The number of amides is 1. The summed E-state index contributed by atoms with van der Waals surface area (Å²) in [6.07, 6.45) is 3.71. The maximum absolute atomic E-state index is 13.2. The van der Waals surface area contributed by atoms with Gasteiger partial charge in [0.2, 0.25) is 5.91 Å². The first-order valence-corrected chi connectivity index (χ1v) is 8.99. The maximum Gasteiger partial charge on any atom is 0.235 e. The van der Waals surface area contributed by atoms with E-state index in [1.165, 1.54) is 5.56 Å². The molecule has 0 unspecified atom stereocenters. The van der Waals surface area contributed by atoms with E-state index in [-0.39, 0.29) is 5.91 Å². The van der Waals surface area contributed by atoms with Gasteiger partial charge in [0, 0.05) is 22.8 Å². The minimum Gasteiger partial charge on any atom is -0.497 e. The molecule has 2 aromatic carbocycles. The van der Waals surface area contributed by atoms with Gasteiger partial charge in [-0.05, 0) is 68.5 Å². The number of hydrogen-bond acceptors (Lipinski definition) is 2. The highest BCUT2D eigenvalue weighted by atomic mass is 16.5. The van der Waals surface area contributed by atoms with Crippen molar-refractivity contribution in [3.05, 3.63) is 58.8 Å². The number of anilines is 1. The third-order valence-corrected chi connectivity index (χ3v) is 5.50. The first-order chi connectivity index (χ1) is 12.4. The molecule has 4 rings (SSSR count). The first-order valence-electron chi connectivity index (χ1n) is 8.99. The minimum absolute atomic E-state index is 0.0799. The lowest BCUT2D eigenvalue weighted by Crippen LogP contribution is -2.28. The number of carbonyl (C=O) groups is 1. The van der Waals surface area contributed by atoms with Crippen molar-refractivity contribution in [2.45, 2.75) is 39.0 Å². The van der Waals surface area contributed by atoms with Crippen LogP contribution >= 0.6 is 0 Å². The zero-order chi connectivity index (χ0) is 18.5. The molecule has 134 valence electrons. The number of H-pyrrole nitrogens is 1. The van der Waals surface area contributed by atoms with Gasteiger partial charge in [0.15, 0.2) is 0 Å². The number of benzene rings is 2. The van der Waals surface area contributed by atoms with Gasteiger partial charge in [0.1, 0.15) is 5.75 Å². The monoisotopic (exact) mass is 348 g/mol. The summed E-state index contributed by atoms with van der Waals surface area (Å²) in [5.41, 5.74) is 5.99. The largest absolute Gasteiger partial charge is 0.497 e. The first kappa shape index (κ1) is 16.7. The van der Waals surface area contributed by atoms with Gasteiger partial charge in [-0.15, -0.1) is 0 Å². The lowest BCUT2D eigenvalue weighted by atomic mass is 9.93. The standard InChI is InChI=1S/C22H24N2O2/c1-13-9-14(2)20(15(3)10-13)24-21(25)22(7-8-22)18-12-23-19-6-5-16(26-4)11-17(18)19/h5-6,9-12,23H,7-8H2,1-4H3,(H,24,25). The highest BCUT2D eigenvalue weighted by Gasteiger charge is 2.52. The Hall–Kier alpha value is -2.75. The summed E-state index contributed by atoms with van der Waals surface area (Å²) in [7, 11) is 1.66. The average Bonchev–Trinajstić information content (AvgIpc) is 3.31. The summed E-state index contributed by atoms with van der Waals surface area (Å²) >= 11 is 0. The Bertz CT molecular complexity index is 989. The Morgan fingerprint density at radius 1 is 1.12 bits per heavy atom. The fourth-order valence-electron chi connectivity index (χ4n) is 3.98. The van der Waals surface area contributed by atoms with Gasteiger partial charge in [-0.25, -0.2) is 0 Å². The summed E-state index contributed by atoms with van der Waals surface area (Å²) in [5.74, 6) is 0.885. The number of carbonyl (C=O) groups excluding carboxylic acids is 1. The molecule has 1 fully saturated rings. The van der Waals surface area contributed by atoms with Crippen molar-refractivity contribution in [2.75, 3.05) is 12.4 Å². The van der Waals surface area contributed by atoms with E-state index >= 15 is 0 Å². The van der Waals surface area contributed by atoms with Gasteiger partial charge in [-0.2, -0.15) is 0 Å². The Labute approximate surface area is 153 Å². The normalized spacial score (nSPS) is 15.1. The lowest BCUT2D eigenvalue weighted by Gasteiger charge is -2.18. The quantitative estimate of drug-likeness (QED) is 0.713. The molecule has 0 spiro atoms. The predicted octanol–water partition coefficient (Wildman–Crippen LogP) is 4.77. The Kier molecular flexibility index (Phi) is 3.79. The highest BCUT2D eigenvalue weighted by Crippen LogP contribution is 2.51. The van der Waals surface area contributed by atoms with Crippen LogP contribution in [0.15, 0.2) is 36.5 Å².